The highest BCUT2D eigenvalue weighted by molar-refractivity contribution is 5.86. The number of amides is 2. The molecule has 0 aromatic heterocycles. The molecule has 4 atom stereocenters. The Morgan fingerprint density at radius 2 is 1.54 bits per heavy atom. The first-order chi connectivity index (χ1) is 19.9. The number of carboxylic acids is 1. The minimum absolute atomic E-state index is 0.0304. The van der Waals surface area contributed by atoms with E-state index in [0.717, 1.165) is 40.7 Å². The number of fused-ring (bicyclic) bond motifs is 3. The van der Waals surface area contributed by atoms with Crippen molar-refractivity contribution in [3.05, 3.63) is 95.6 Å². The number of carbonyl (C=O) groups is 3. The molecule has 0 spiro atoms. The molecule has 2 amide bonds. The van der Waals surface area contributed by atoms with Gasteiger partial charge in [0.05, 0.1) is 12.7 Å². The Morgan fingerprint density at radius 1 is 0.902 bits per heavy atom. The molecule has 8 heteroatoms. The molecular weight excluding hydrogens is 520 g/mol. The minimum Gasteiger partial charge on any atom is -0.480 e. The van der Waals surface area contributed by atoms with E-state index in [9.17, 15) is 19.5 Å². The lowest BCUT2D eigenvalue weighted by Gasteiger charge is -2.25. The zero-order valence-corrected chi connectivity index (χ0v) is 23.1. The van der Waals surface area contributed by atoms with Gasteiger partial charge in [-0.15, -0.1) is 0 Å². The highest BCUT2D eigenvalue weighted by Gasteiger charge is 2.37. The van der Waals surface area contributed by atoms with Crippen LogP contribution >= 0.6 is 0 Å². The maximum atomic E-state index is 13.2. The van der Waals surface area contributed by atoms with Gasteiger partial charge in [0.15, 0.2) is 6.04 Å². The van der Waals surface area contributed by atoms with Gasteiger partial charge in [-0.1, -0.05) is 85.3 Å². The Morgan fingerprint density at radius 3 is 2.20 bits per heavy atom. The summed E-state index contributed by atoms with van der Waals surface area (Å²) in [5, 5.41) is 15.3. The quantitative estimate of drug-likeness (QED) is 0.302. The van der Waals surface area contributed by atoms with Crippen molar-refractivity contribution in [2.75, 3.05) is 13.2 Å². The van der Waals surface area contributed by atoms with E-state index in [1.807, 2.05) is 54.6 Å². The molecule has 1 fully saturated rings. The van der Waals surface area contributed by atoms with Crippen LogP contribution in [0, 0.1) is 11.8 Å². The Labute approximate surface area is 240 Å². The highest BCUT2D eigenvalue weighted by Crippen LogP contribution is 2.44. The molecule has 0 radical (unpaired) electrons. The van der Waals surface area contributed by atoms with Crippen molar-refractivity contribution < 1.29 is 29.0 Å². The highest BCUT2D eigenvalue weighted by atomic mass is 16.5. The Bertz CT molecular complexity index is 1330. The fourth-order valence-corrected chi connectivity index (χ4v) is 6.03. The van der Waals surface area contributed by atoms with E-state index >= 15 is 0 Å². The first kappa shape index (κ1) is 28.4. The van der Waals surface area contributed by atoms with Gasteiger partial charge in [-0.2, -0.15) is 0 Å². The number of hydrogen-bond donors (Lipinski definition) is 3. The van der Waals surface area contributed by atoms with Crippen molar-refractivity contribution in [2.24, 2.45) is 11.8 Å². The normalized spacial score (nSPS) is 19.0. The number of nitrogens with one attached hydrogen (secondary N) is 2. The summed E-state index contributed by atoms with van der Waals surface area (Å²) in [6.07, 6.45) is 0.973. The number of hydrogen-bond acceptors (Lipinski definition) is 5. The van der Waals surface area contributed by atoms with Gasteiger partial charge >= 0.3 is 12.1 Å². The fourth-order valence-electron chi connectivity index (χ4n) is 6.03. The van der Waals surface area contributed by atoms with Gasteiger partial charge in [-0.3, -0.25) is 4.79 Å². The Balaban J connectivity index is 1.12. The van der Waals surface area contributed by atoms with Crippen LogP contribution in [0.15, 0.2) is 78.9 Å². The van der Waals surface area contributed by atoms with Gasteiger partial charge in [0, 0.05) is 18.4 Å². The molecule has 3 aromatic carbocycles. The van der Waals surface area contributed by atoms with Gasteiger partial charge in [0.25, 0.3) is 0 Å². The molecular formula is C33H36N2O6. The first-order valence-corrected chi connectivity index (χ1v) is 14.2. The SMILES string of the molecule is C[C@H](OCc1ccccc1)[C@@H](NC(=O)[C@@H]1CCC[C@@H]1CNC(=O)OCC1c2ccccc2-c2ccccc21)C(=O)O. The lowest BCUT2D eigenvalue weighted by Crippen LogP contribution is -2.51. The monoisotopic (exact) mass is 556 g/mol. The van der Waals surface area contributed by atoms with Gasteiger partial charge in [-0.05, 0) is 53.5 Å². The number of ether oxygens (including phenoxy) is 2. The zero-order chi connectivity index (χ0) is 28.8. The number of rotatable bonds is 11. The second-order valence-corrected chi connectivity index (χ2v) is 10.8. The predicted molar refractivity (Wildman–Crippen MR) is 154 cm³/mol. The van der Waals surface area contributed by atoms with Crippen molar-refractivity contribution in [1.29, 1.82) is 0 Å². The summed E-state index contributed by atoms with van der Waals surface area (Å²) in [5.74, 6) is -2.01. The summed E-state index contributed by atoms with van der Waals surface area (Å²) < 4.78 is 11.4. The lowest BCUT2D eigenvalue weighted by atomic mass is 9.94. The van der Waals surface area contributed by atoms with Gasteiger partial charge in [-0.25, -0.2) is 9.59 Å². The largest absolute Gasteiger partial charge is 0.480 e. The van der Waals surface area contributed by atoms with Crippen LogP contribution in [0.4, 0.5) is 4.79 Å². The second kappa shape index (κ2) is 13.0. The van der Waals surface area contributed by atoms with E-state index in [-0.39, 0.29) is 37.5 Å². The van der Waals surface area contributed by atoms with E-state index in [1.165, 1.54) is 0 Å². The molecule has 41 heavy (non-hydrogen) atoms. The number of carbonyl (C=O) groups excluding carboxylic acids is 2. The predicted octanol–water partition coefficient (Wildman–Crippen LogP) is 5.12. The second-order valence-electron chi connectivity index (χ2n) is 10.8. The van der Waals surface area contributed by atoms with E-state index in [1.54, 1.807) is 6.92 Å². The van der Waals surface area contributed by atoms with Crippen LogP contribution < -0.4 is 10.6 Å². The topological polar surface area (TPSA) is 114 Å². The number of aliphatic carboxylic acids is 1. The third kappa shape index (κ3) is 6.60. The molecule has 5 rings (SSSR count). The zero-order valence-electron chi connectivity index (χ0n) is 23.1. The molecule has 3 aromatic rings. The van der Waals surface area contributed by atoms with Gasteiger partial charge < -0.3 is 25.2 Å². The summed E-state index contributed by atoms with van der Waals surface area (Å²) in [6, 6.07) is 24.6. The van der Waals surface area contributed by atoms with Crippen LogP contribution in [-0.2, 0) is 25.7 Å². The number of alkyl carbamates (subject to hydrolysis) is 1. The van der Waals surface area contributed by atoms with Gasteiger partial charge in [0.1, 0.15) is 6.61 Å². The molecule has 214 valence electrons. The maximum Gasteiger partial charge on any atom is 0.407 e. The van der Waals surface area contributed by atoms with Crippen molar-refractivity contribution in [3.8, 4) is 11.1 Å². The van der Waals surface area contributed by atoms with E-state index < -0.39 is 30.1 Å². The molecule has 1 saturated carbocycles. The van der Waals surface area contributed by atoms with Crippen molar-refractivity contribution >= 4 is 18.0 Å². The molecule has 0 bridgehead atoms. The smallest absolute Gasteiger partial charge is 0.407 e. The Kier molecular flexibility index (Phi) is 8.99. The molecule has 2 aliphatic rings. The molecule has 3 N–H and O–H groups in total. The number of carboxylic acid groups (broad SMARTS) is 1. The Hall–Kier alpha value is -4.17. The summed E-state index contributed by atoms with van der Waals surface area (Å²) in [4.78, 5) is 37.8. The lowest BCUT2D eigenvalue weighted by molar-refractivity contribution is -0.147. The molecule has 0 unspecified atom stereocenters. The van der Waals surface area contributed by atoms with Crippen LogP contribution in [0.1, 0.15) is 48.8 Å². The van der Waals surface area contributed by atoms with Crippen LogP contribution in [0.3, 0.4) is 0 Å². The minimum atomic E-state index is -1.18. The fraction of sp³-hybridized carbons (Fsp3) is 0.364. The maximum absolute atomic E-state index is 13.2. The van der Waals surface area contributed by atoms with Crippen molar-refractivity contribution in [3.63, 3.8) is 0 Å². The standard InChI is InChI=1S/C33H36N2O6/c1-21(40-19-22-10-3-2-4-11-22)30(32(37)38)35-31(36)24-17-9-12-23(24)18-34-33(39)41-20-29-27-15-7-5-13-25(27)26-14-6-8-16-28(26)29/h2-8,10-11,13-16,21,23-24,29-30H,9,12,17-20H2,1H3,(H,34,39)(H,35,36)(H,37,38)/t21-,23+,24+,30+/m0/s1. The molecule has 0 aliphatic heterocycles. The van der Waals surface area contributed by atoms with E-state index in [0.29, 0.717) is 6.42 Å². The third-order valence-corrected chi connectivity index (χ3v) is 8.24. The first-order valence-electron chi connectivity index (χ1n) is 14.2. The number of benzene rings is 3. The van der Waals surface area contributed by atoms with Crippen LogP contribution in [0.5, 0.6) is 0 Å². The summed E-state index contributed by atoms with van der Waals surface area (Å²) >= 11 is 0. The van der Waals surface area contributed by atoms with Gasteiger partial charge in [0.2, 0.25) is 5.91 Å². The van der Waals surface area contributed by atoms with Crippen LogP contribution in [-0.4, -0.2) is 48.4 Å². The van der Waals surface area contributed by atoms with E-state index in [2.05, 4.69) is 34.9 Å². The molecule has 2 aliphatic carbocycles. The van der Waals surface area contributed by atoms with Crippen LogP contribution in [0.25, 0.3) is 11.1 Å². The average Bonchev–Trinajstić information content (AvgIpc) is 3.59. The molecule has 8 nitrogen and oxygen atoms in total. The summed E-state index contributed by atoms with van der Waals surface area (Å²) in [5.41, 5.74) is 5.53. The summed E-state index contributed by atoms with van der Waals surface area (Å²) in [6.45, 7) is 2.40. The molecule has 0 saturated heterocycles. The molecule has 0 heterocycles. The third-order valence-electron chi connectivity index (χ3n) is 8.24. The van der Waals surface area contributed by atoms with Crippen molar-refractivity contribution in [2.45, 2.75) is 50.9 Å². The van der Waals surface area contributed by atoms with Crippen LogP contribution in [0.2, 0.25) is 0 Å². The van der Waals surface area contributed by atoms with Crippen molar-refractivity contribution in [1.82, 2.24) is 10.6 Å². The summed E-state index contributed by atoms with van der Waals surface area (Å²) in [7, 11) is 0. The average molecular weight is 557 g/mol. The van der Waals surface area contributed by atoms with E-state index in [4.69, 9.17) is 9.47 Å².